The van der Waals surface area contributed by atoms with E-state index in [1.54, 1.807) is 17.4 Å². The predicted octanol–water partition coefficient (Wildman–Crippen LogP) is 4.18. The van der Waals surface area contributed by atoms with Crippen molar-refractivity contribution in [2.45, 2.75) is 25.9 Å². The van der Waals surface area contributed by atoms with Crippen molar-refractivity contribution in [2.75, 3.05) is 11.9 Å². The van der Waals surface area contributed by atoms with Gasteiger partial charge < -0.3 is 10.6 Å². The van der Waals surface area contributed by atoms with Gasteiger partial charge in [0, 0.05) is 25.3 Å². The van der Waals surface area contributed by atoms with Crippen LogP contribution in [-0.4, -0.2) is 13.1 Å². The molecule has 0 aliphatic carbocycles. The second kappa shape index (κ2) is 6.70. The number of thiophene rings is 1. The smallest absolute Gasteiger partial charge is 0.123 e. The number of anilines is 1. The first-order valence-electron chi connectivity index (χ1n) is 6.43. The molecule has 0 saturated carbocycles. The minimum absolute atomic E-state index is 0.0132. The highest BCUT2D eigenvalue weighted by Crippen LogP contribution is 2.26. The first-order valence-corrected chi connectivity index (χ1v) is 8.11. The van der Waals surface area contributed by atoms with Crippen molar-refractivity contribution in [1.82, 2.24) is 0 Å². The van der Waals surface area contributed by atoms with Gasteiger partial charge in [0.25, 0.3) is 0 Å². The number of nitrogens with zero attached hydrogens (tertiary/aromatic N) is 1. The van der Waals surface area contributed by atoms with E-state index in [2.05, 4.69) is 32.3 Å². The van der Waals surface area contributed by atoms with Gasteiger partial charge in [-0.1, -0.05) is 0 Å². The maximum Gasteiger partial charge on any atom is 0.123 e. The minimum atomic E-state index is -0.212. The van der Waals surface area contributed by atoms with Crippen LogP contribution in [-0.2, 0) is 13.0 Å². The summed E-state index contributed by atoms with van der Waals surface area (Å²) in [4.78, 5) is 2.13. The molecule has 0 spiro atoms. The molecule has 1 aromatic heterocycles. The van der Waals surface area contributed by atoms with Crippen LogP contribution in [0, 0.1) is 5.82 Å². The number of halogens is 2. The molecular weight excluding hydrogens is 339 g/mol. The standard InChI is InChI=1S/C15H18BrFN2S/c1-10(18)5-12-7-13(17)3-4-14(12)19(2)8-11-6-15(16)20-9-11/h3-4,6-7,9-10H,5,8,18H2,1-2H3. The summed E-state index contributed by atoms with van der Waals surface area (Å²) >= 11 is 5.14. The lowest BCUT2D eigenvalue weighted by atomic mass is 10.0. The lowest BCUT2D eigenvalue weighted by molar-refractivity contribution is 0.622. The van der Waals surface area contributed by atoms with E-state index in [-0.39, 0.29) is 11.9 Å². The van der Waals surface area contributed by atoms with Gasteiger partial charge in [-0.25, -0.2) is 4.39 Å². The quantitative estimate of drug-likeness (QED) is 0.870. The Morgan fingerprint density at radius 2 is 2.15 bits per heavy atom. The van der Waals surface area contributed by atoms with Crippen LogP contribution in [0.1, 0.15) is 18.1 Å². The highest BCUT2D eigenvalue weighted by molar-refractivity contribution is 9.11. The van der Waals surface area contributed by atoms with Gasteiger partial charge in [-0.15, -0.1) is 11.3 Å². The van der Waals surface area contributed by atoms with Crippen molar-refractivity contribution in [2.24, 2.45) is 5.73 Å². The third-order valence-electron chi connectivity index (χ3n) is 3.04. The number of benzene rings is 1. The fraction of sp³-hybridized carbons (Fsp3) is 0.333. The summed E-state index contributed by atoms with van der Waals surface area (Å²) in [5.41, 5.74) is 9.08. The molecule has 2 N–H and O–H groups in total. The molecule has 0 amide bonds. The number of rotatable bonds is 5. The molecule has 1 heterocycles. The van der Waals surface area contributed by atoms with Crippen LogP contribution in [0.15, 0.2) is 33.4 Å². The summed E-state index contributed by atoms with van der Waals surface area (Å²) in [6, 6.07) is 7.03. The van der Waals surface area contributed by atoms with E-state index in [9.17, 15) is 4.39 Å². The molecule has 0 bridgehead atoms. The highest BCUT2D eigenvalue weighted by atomic mass is 79.9. The van der Waals surface area contributed by atoms with E-state index in [1.165, 1.54) is 11.6 Å². The van der Waals surface area contributed by atoms with Crippen LogP contribution in [0.25, 0.3) is 0 Å². The van der Waals surface area contributed by atoms with E-state index in [0.717, 1.165) is 21.6 Å². The van der Waals surface area contributed by atoms with Crippen LogP contribution >= 0.6 is 27.3 Å². The minimum Gasteiger partial charge on any atom is -0.370 e. The lowest BCUT2D eigenvalue weighted by Crippen LogP contribution is -2.22. The van der Waals surface area contributed by atoms with Gasteiger partial charge in [0.2, 0.25) is 0 Å². The van der Waals surface area contributed by atoms with Gasteiger partial charge in [0.1, 0.15) is 5.82 Å². The zero-order valence-electron chi connectivity index (χ0n) is 11.6. The maximum absolute atomic E-state index is 13.4. The average molecular weight is 357 g/mol. The van der Waals surface area contributed by atoms with Crippen molar-refractivity contribution in [1.29, 1.82) is 0 Å². The normalized spacial score (nSPS) is 12.4. The van der Waals surface area contributed by atoms with Crippen molar-refractivity contribution >= 4 is 33.0 Å². The Bertz CT molecular complexity index is 583. The Hall–Kier alpha value is -0.910. The molecule has 108 valence electrons. The van der Waals surface area contributed by atoms with Crippen molar-refractivity contribution in [3.8, 4) is 0 Å². The Balaban J connectivity index is 2.21. The summed E-state index contributed by atoms with van der Waals surface area (Å²) < 4.78 is 14.5. The summed E-state index contributed by atoms with van der Waals surface area (Å²) in [6.45, 7) is 2.73. The molecule has 0 aliphatic heterocycles. The van der Waals surface area contributed by atoms with Crippen LogP contribution in [0.3, 0.4) is 0 Å². The Kier molecular flexibility index (Phi) is 5.18. The fourth-order valence-corrected chi connectivity index (χ4v) is 3.42. The van der Waals surface area contributed by atoms with Crippen molar-refractivity contribution < 1.29 is 4.39 Å². The van der Waals surface area contributed by atoms with Gasteiger partial charge >= 0.3 is 0 Å². The molecule has 1 atom stereocenters. The van der Waals surface area contributed by atoms with E-state index < -0.39 is 0 Å². The second-order valence-corrected chi connectivity index (χ2v) is 7.36. The zero-order chi connectivity index (χ0) is 14.7. The van der Waals surface area contributed by atoms with E-state index in [4.69, 9.17) is 5.73 Å². The Labute approximate surface area is 131 Å². The van der Waals surface area contributed by atoms with Crippen LogP contribution in [0.5, 0.6) is 0 Å². The van der Waals surface area contributed by atoms with Crippen LogP contribution < -0.4 is 10.6 Å². The fourth-order valence-electron chi connectivity index (χ4n) is 2.22. The molecule has 2 rings (SSSR count). The Morgan fingerprint density at radius 3 is 2.75 bits per heavy atom. The molecule has 0 saturated heterocycles. The molecule has 1 unspecified atom stereocenters. The lowest BCUT2D eigenvalue weighted by Gasteiger charge is -2.23. The summed E-state index contributed by atoms with van der Waals surface area (Å²) in [6.07, 6.45) is 0.671. The maximum atomic E-state index is 13.4. The van der Waals surface area contributed by atoms with Crippen molar-refractivity contribution in [3.05, 3.63) is 50.4 Å². The van der Waals surface area contributed by atoms with Crippen LogP contribution in [0.2, 0.25) is 0 Å². The average Bonchev–Trinajstić information content (AvgIpc) is 2.73. The zero-order valence-corrected chi connectivity index (χ0v) is 14.0. The van der Waals surface area contributed by atoms with E-state index in [0.29, 0.717) is 6.42 Å². The molecule has 1 aromatic carbocycles. The molecule has 5 heteroatoms. The van der Waals surface area contributed by atoms with Crippen LogP contribution in [0.4, 0.5) is 10.1 Å². The predicted molar refractivity (Wildman–Crippen MR) is 87.9 cm³/mol. The molecular formula is C15H18BrFN2S. The van der Waals surface area contributed by atoms with Gasteiger partial charge in [-0.3, -0.25) is 0 Å². The molecule has 20 heavy (non-hydrogen) atoms. The first kappa shape index (κ1) is 15.5. The van der Waals surface area contributed by atoms with E-state index >= 15 is 0 Å². The number of nitrogens with two attached hydrogens (primary N) is 1. The SMILES string of the molecule is CC(N)Cc1cc(F)ccc1N(C)Cc1csc(Br)c1. The van der Waals surface area contributed by atoms with Crippen molar-refractivity contribution in [3.63, 3.8) is 0 Å². The second-order valence-electron chi connectivity index (χ2n) is 5.07. The van der Waals surface area contributed by atoms with Gasteiger partial charge in [-0.05, 0) is 70.0 Å². The molecule has 0 aliphatic rings. The van der Waals surface area contributed by atoms with E-state index in [1.807, 2.05) is 20.0 Å². The largest absolute Gasteiger partial charge is 0.370 e. The Morgan fingerprint density at radius 1 is 1.40 bits per heavy atom. The molecule has 0 fully saturated rings. The number of hydrogen-bond acceptors (Lipinski definition) is 3. The topological polar surface area (TPSA) is 29.3 Å². The third kappa shape index (κ3) is 4.04. The van der Waals surface area contributed by atoms with Gasteiger partial charge in [-0.2, -0.15) is 0 Å². The molecule has 2 aromatic rings. The molecule has 0 radical (unpaired) electrons. The third-order valence-corrected chi connectivity index (χ3v) is 4.59. The number of hydrogen-bond donors (Lipinski definition) is 1. The summed E-state index contributed by atoms with van der Waals surface area (Å²) in [5, 5.41) is 2.12. The van der Waals surface area contributed by atoms with Gasteiger partial charge in [0.15, 0.2) is 0 Å². The molecule has 2 nitrogen and oxygen atoms in total. The summed E-state index contributed by atoms with van der Waals surface area (Å²) in [7, 11) is 2.02. The van der Waals surface area contributed by atoms with Gasteiger partial charge in [0.05, 0.1) is 3.79 Å². The summed E-state index contributed by atoms with van der Waals surface area (Å²) in [5.74, 6) is -0.212. The highest BCUT2D eigenvalue weighted by Gasteiger charge is 2.11. The first-order chi connectivity index (χ1) is 9.45. The monoisotopic (exact) mass is 356 g/mol.